The van der Waals surface area contributed by atoms with E-state index in [1.54, 1.807) is 6.92 Å². The first-order valence-electron chi connectivity index (χ1n) is 6.24. The maximum Gasteiger partial charge on any atom is 0.416 e. The molecule has 5 nitrogen and oxygen atoms in total. The van der Waals surface area contributed by atoms with Crippen molar-refractivity contribution in [3.63, 3.8) is 0 Å². The number of rotatable bonds is 5. The summed E-state index contributed by atoms with van der Waals surface area (Å²) in [7, 11) is 0. The Labute approximate surface area is 119 Å². The quantitative estimate of drug-likeness (QED) is 0.671. The Hall–Kier alpha value is -1.80. The van der Waals surface area contributed by atoms with Crippen LogP contribution in [-0.4, -0.2) is 35.0 Å². The number of carbonyl (C=O) groups excluding carboxylic acids is 1. The molecule has 0 heterocycles. The molecule has 0 bridgehead atoms. The molecule has 8 heteroatoms. The number of alkyl halides is 3. The highest BCUT2D eigenvalue weighted by atomic mass is 19.4. The number of amides is 2. The smallest absolute Gasteiger partial charge is 0.394 e. The lowest BCUT2D eigenvalue weighted by Crippen LogP contribution is -2.55. The summed E-state index contributed by atoms with van der Waals surface area (Å²) in [4.78, 5) is 11.7. The molecule has 1 aromatic rings. The number of urea groups is 1. The summed E-state index contributed by atoms with van der Waals surface area (Å²) in [6.07, 6.45) is -4.15. The standard InChI is InChI=1S/C13H17F3N2O3/c1-2-12(7-19,8-20)18-11(21)17-10-5-3-9(4-6-10)13(14,15)16/h3-6,19-20H,2,7-8H2,1H3,(H2,17,18,21). The zero-order valence-electron chi connectivity index (χ0n) is 11.4. The second-order valence-corrected chi connectivity index (χ2v) is 4.60. The SMILES string of the molecule is CCC(CO)(CO)NC(=O)Nc1ccc(C(F)(F)F)cc1. The van der Waals surface area contributed by atoms with Crippen LogP contribution in [0.3, 0.4) is 0 Å². The van der Waals surface area contributed by atoms with E-state index in [2.05, 4.69) is 10.6 Å². The van der Waals surface area contributed by atoms with Gasteiger partial charge < -0.3 is 20.8 Å². The highest BCUT2D eigenvalue weighted by Gasteiger charge is 2.30. The summed E-state index contributed by atoms with van der Waals surface area (Å²) >= 11 is 0. The molecule has 0 unspecified atom stereocenters. The summed E-state index contributed by atoms with van der Waals surface area (Å²) in [5.41, 5.74) is -1.82. The van der Waals surface area contributed by atoms with Gasteiger partial charge in [-0.1, -0.05) is 6.92 Å². The van der Waals surface area contributed by atoms with Gasteiger partial charge in [-0.15, -0.1) is 0 Å². The van der Waals surface area contributed by atoms with Crippen molar-refractivity contribution >= 4 is 11.7 Å². The van der Waals surface area contributed by atoms with Crippen molar-refractivity contribution in [2.75, 3.05) is 18.5 Å². The minimum atomic E-state index is -4.44. The number of aliphatic hydroxyl groups is 2. The second-order valence-electron chi connectivity index (χ2n) is 4.60. The molecule has 0 atom stereocenters. The predicted molar refractivity (Wildman–Crippen MR) is 70.8 cm³/mol. The number of carbonyl (C=O) groups is 1. The third-order valence-corrected chi connectivity index (χ3v) is 3.13. The average Bonchev–Trinajstić information content (AvgIpc) is 2.44. The molecule has 118 valence electrons. The molecule has 0 saturated heterocycles. The van der Waals surface area contributed by atoms with Gasteiger partial charge in [0.2, 0.25) is 0 Å². The van der Waals surface area contributed by atoms with Gasteiger partial charge in [0.05, 0.1) is 24.3 Å². The van der Waals surface area contributed by atoms with Gasteiger partial charge in [0.15, 0.2) is 0 Å². The van der Waals surface area contributed by atoms with Gasteiger partial charge >= 0.3 is 12.2 Å². The number of aliphatic hydroxyl groups excluding tert-OH is 2. The van der Waals surface area contributed by atoms with Crippen molar-refractivity contribution in [2.24, 2.45) is 0 Å². The van der Waals surface area contributed by atoms with Crippen molar-refractivity contribution in [3.05, 3.63) is 29.8 Å². The van der Waals surface area contributed by atoms with Crippen molar-refractivity contribution in [3.8, 4) is 0 Å². The van der Waals surface area contributed by atoms with Crippen LogP contribution in [-0.2, 0) is 6.18 Å². The van der Waals surface area contributed by atoms with E-state index in [1.807, 2.05) is 0 Å². The number of hydrogen-bond donors (Lipinski definition) is 4. The number of nitrogens with one attached hydrogen (secondary N) is 2. The number of anilines is 1. The Morgan fingerprint density at radius 1 is 1.14 bits per heavy atom. The molecule has 0 aromatic heterocycles. The van der Waals surface area contributed by atoms with Gasteiger partial charge in [-0.25, -0.2) is 4.79 Å². The van der Waals surface area contributed by atoms with E-state index < -0.39 is 36.5 Å². The van der Waals surface area contributed by atoms with Gasteiger partial charge in [-0.05, 0) is 30.7 Å². The molecule has 0 aliphatic heterocycles. The average molecular weight is 306 g/mol. The fourth-order valence-electron chi connectivity index (χ4n) is 1.59. The molecular formula is C13H17F3N2O3. The molecule has 0 aliphatic carbocycles. The van der Waals surface area contributed by atoms with Crippen LogP contribution in [0.15, 0.2) is 24.3 Å². The largest absolute Gasteiger partial charge is 0.416 e. The Morgan fingerprint density at radius 3 is 2.05 bits per heavy atom. The first-order valence-corrected chi connectivity index (χ1v) is 6.24. The van der Waals surface area contributed by atoms with Crippen molar-refractivity contribution in [1.29, 1.82) is 0 Å². The van der Waals surface area contributed by atoms with Crippen LogP contribution in [0.25, 0.3) is 0 Å². The predicted octanol–water partition coefficient (Wildman–Crippen LogP) is 1.96. The van der Waals surface area contributed by atoms with Crippen LogP contribution < -0.4 is 10.6 Å². The summed E-state index contributed by atoms with van der Waals surface area (Å²) in [6.45, 7) is 0.756. The van der Waals surface area contributed by atoms with Gasteiger partial charge in [-0.2, -0.15) is 13.2 Å². The van der Waals surface area contributed by atoms with E-state index in [-0.39, 0.29) is 5.69 Å². The van der Waals surface area contributed by atoms with E-state index >= 15 is 0 Å². The van der Waals surface area contributed by atoms with E-state index in [9.17, 15) is 28.2 Å². The van der Waals surface area contributed by atoms with Crippen LogP contribution in [0.4, 0.5) is 23.7 Å². The lowest BCUT2D eigenvalue weighted by molar-refractivity contribution is -0.137. The molecule has 1 aromatic carbocycles. The van der Waals surface area contributed by atoms with Gasteiger partial charge in [0, 0.05) is 5.69 Å². The maximum atomic E-state index is 12.4. The van der Waals surface area contributed by atoms with E-state index in [4.69, 9.17) is 0 Å². The van der Waals surface area contributed by atoms with Crippen molar-refractivity contribution in [1.82, 2.24) is 5.32 Å². The first-order chi connectivity index (χ1) is 9.76. The van der Waals surface area contributed by atoms with E-state index in [0.717, 1.165) is 24.3 Å². The molecule has 1 rings (SSSR count). The summed E-state index contributed by atoms with van der Waals surface area (Å²) in [5, 5.41) is 23.1. The number of benzene rings is 1. The van der Waals surface area contributed by atoms with Crippen LogP contribution >= 0.6 is 0 Å². The van der Waals surface area contributed by atoms with Crippen LogP contribution in [0.1, 0.15) is 18.9 Å². The molecule has 2 amide bonds. The summed E-state index contributed by atoms with van der Waals surface area (Å²) in [5.74, 6) is 0. The van der Waals surface area contributed by atoms with Crippen LogP contribution in [0, 0.1) is 0 Å². The Kier molecular flexibility index (Phi) is 5.56. The highest BCUT2D eigenvalue weighted by Crippen LogP contribution is 2.29. The van der Waals surface area contributed by atoms with Gasteiger partial charge in [0.1, 0.15) is 0 Å². The monoisotopic (exact) mass is 306 g/mol. The second kappa shape index (κ2) is 6.77. The fraction of sp³-hybridized carbons (Fsp3) is 0.462. The van der Waals surface area contributed by atoms with Crippen LogP contribution in [0.2, 0.25) is 0 Å². The van der Waals surface area contributed by atoms with Crippen LogP contribution in [0.5, 0.6) is 0 Å². The molecule has 21 heavy (non-hydrogen) atoms. The Balaban J connectivity index is 2.71. The topological polar surface area (TPSA) is 81.6 Å². The normalized spacial score (nSPS) is 12.1. The van der Waals surface area contributed by atoms with Gasteiger partial charge in [0.25, 0.3) is 0 Å². The molecule has 0 fully saturated rings. The lowest BCUT2D eigenvalue weighted by atomic mass is 9.99. The lowest BCUT2D eigenvalue weighted by Gasteiger charge is -2.29. The molecule has 0 saturated carbocycles. The minimum absolute atomic E-state index is 0.168. The molecule has 0 spiro atoms. The zero-order chi connectivity index (χ0) is 16.1. The zero-order valence-corrected chi connectivity index (χ0v) is 11.4. The summed E-state index contributed by atoms with van der Waals surface area (Å²) in [6, 6.07) is 3.21. The number of halogens is 3. The number of hydrogen-bond acceptors (Lipinski definition) is 3. The third-order valence-electron chi connectivity index (χ3n) is 3.13. The first kappa shape index (κ1) is 17.3. The minimum Gasteiger partial charge on any atom is -0.394 e. The third kappa shape index (κ3) is 4.61. The fourth-order valence-corrected chi connectivity index (χ4v) is 1.59. The summed E-state index contributed by atoms with van der Waals surface area (Å²) < 4.78 is 37.2. The molecule has 0 radical (unpaired) electrons. The van der Waals surface area contributed by atoms with E-state index in [0.29, 0.717) is 6.42 Å². The molecular weight excluding hydrogens is 289 g/mol. The van der Waals surface area contributed by atoms with E-state index in [1.165, 1.54) is 0 Å². The van der Waals surface area contributed by atoms with Crippen molar-refractivity contribution in [2.45, 2.75) is 25.1 Å². The Morgan fingerprint density at radius 2 is 1.67 bits per heavy atom. The van der Waals surface area contributed by atoms with Gasteiger partial charge in [-0.3, -0.25) is 0 Å². The highest BCUT2D eigenvalue weighted by molar-refractivity contribution is 5.89. The Bertz CT molecular complexity index is 462. The maximum absolute atomic E-state index is 12.4. The molecule has 4 N–H and O–H groups in total. The molecule has 0 aliphatic rings. The van der Waals surface area contributed by atoms with Crippen molar-refractivity contribution < 1.29 is 28.2 Å².